The molecule has 1 unspecified atom stereocenters. The van der Waals surface area contributed by atoms with E-state index in [-0.39, 0.29) is 27.4 Å². The van der Waals surface area contributed by atoms with Crippen molar-refractivity contribution in [1.82, 2.24) is 0 Å². The summed E-state index contributed by atoms with van der Waals surface area (Å²) in [5, 5.41) is 2.57. The molecule has 20 heavy (non-hydrogen) atoms. The van der Waals surface area contributed by atoms with Crippen molar-refractivity contribution in [2.24, 2.45) is 5.73 Å². The van der Waals surface area contributed by atoms with Crippen LogP contribution in [0, 0.1) is 12.3 Å². The van der Waals surface area contributed by atoms with Gasteiger partial charge in [-0.05, 0) is 28.1 Å². The molecule has 0 spiro atoms. The van der Waals surface area contributed by atoms with Gasteiger partial charge in [-0.1, -0.05) is 11.6 Å². The number of ether oxygens (including phenoxy) is 1. The summed E-state index contributed by atoms with van der Waals surface area (Å²) >= 11 is 8.82. The first kappa shape index (κ1) is 16.7. The number of carbonyl (C=O) groups excluding carboxylic acids is 1. The smallest absolute Gasteiger partial charge is 0.387 e. The largest absolute Gasteiger partial charge is 0.431 e. The van der Waals surface area contributed by atoms with Crippen molar-refractivity contribution in [1.29, 1.82) is 0 Å². The van der Waals surface area contributed by atoms with Crippen molar-refractivity contribution < 1.29 is 18.3 Å². The summed E-state index contributed by atoms with van der Waals surface area (Å²) < 4.78 is 29.2. The Labute approximate surface area is 127 Å². The Morgan fingerprint density at radius 1 is 1.60 bits per heavy atom. The third-order valence-corrected chi connectivity index (χ3v) is 2.95. The molecule has 0 heterocycles. The molecule has 0 aromatic heterocycles. The lowest BCUT2D eigenvalue weighted by Gasteiger charge is -2.15. The van der Waals surface area contributed by atoms with E-state index in [1.165, 1.54) is 12.1 Å². The van der Waals surface area contributed by atoms with Crippen LogP contribution in [0.1, 0.15) is 6.42 Å². The van der Waals surface area contributed by atoms with E-state index in [1.807, 2.05) is 0 Å². The van der Waals surface area contributed by atoms with Crippen molar-refractivity contribution in [3.8, 4) is 18.1 Å². The van der Waals surface area contributed by atoms with Gasteiger partial charge in [-0.2, -0.15) is 8.78 Å². The molecule has 0 bridgehead atoms. The molecule has 1 rings (SSSR count). The molecule has 0 saturated heterocycles. The summed E-state index contributed by atoms with van der Waals surface area (Å²) in [6.07, 6.45) is 5.05. The first-order chi connectivity index (χ1) is 9.35. The molecule has 4 nitrogen and oxygen atoms in total. The minimum absolute atomic E-state index is 0.0125. The quantitative estimate of drug-likeness (QED) is 0.787. The maximum Gasteiger partial charge on any atom is 0.387 e. The number of benzene rings is 1. The molecule has 3 N–H and O–H groups in total. The normalized spacial score (nSPS) is 11.8. The first-order valence-electron chi connectivity index (χ1n) is 5.29. The standard InChI is InChI=1S/C12H10BrClF2N2O2/c1-2-3-8(17)11(19)18-9-5-6(14)4-7(13)10(9)20-12(15)16/h1,4-5,8,12H,3,17H2,(H,18,19). The molecule has 108 valence electrons. The monoisotopic (exact) mass is 366 g/mol. The van der Waals surface area contributed by atoms with Crippen LogP contribution < -0.4 is 15.8 Å². The highest BCUT2D eigenvalue weighted by Crippen LogP contribution is 2.37. The zero-order valence-electron chi connectivity index (χ0n) is 10.00. The van der Waals surface area contributed by atoms with Crippen LogP contribution in [0.25, 0.3) is 0 Å². The van der Waals surface area contributed by atoms with Crippen LogP contribution in [0.5, 0.6) is 5.75 Å². The van der Waals surface area contributed by atoms with Gasteiger partial charge in [0, 0.05) is 11.4 Å². The topological polar surface area (TPSA) is 64.4 Å². The fraction of sp³-hybridized carbons (Fsp3) is 0.250. The van der Waals surface area contributed by atoms with Gasteiger partial charge < -0.3 is 15.8 Å². The lowest BCUT2D eigenvalue weighted by Crippen LogP contribution is -2.35. The molecule has 1 aromatic carbocycles. The van der Waals surface area contributed by atoms with Crippen molar-refractivity contribution in [3.05, 3.63) is 21.6 Å². The lowest BCUT2D eigenvalue weighted by atomic mass is 10.2. The Bertz CT molecular complexity index is 549. The van der Waals surface area contributed by atoms with Crippen LogP contribution in [0.2, 0.25) is 5.02 Å². The summed E-state index contributed by atoms with van der Waals surface area (Å²) in [6, 6.07) is 1.66. The number of anilines is 1. The van der Waals surface area contributed by atoms with Gasteiger partial charge in [-0.15, -0.1) is 12.3 Å². The predicted octanol–water partition coefficient (Wildman–Crippen LogP) is 2.99. The second kappa shape index (κ2) is 7.43. The Morgan fingerprint density at radius 2 is 2.25 bits per heavy atom. The number of carbonyl (C=O) groups is 1. The van der Waals surface area contributed by atoms with Gasteiger partial charge in [-0.3, -0.25) is 4.79 Å². The van der Waals surface area contributed by atoms with Gasteiger partial charge >= 0.3 is 6.61 Å². The maximum atomic E-state index is 12.4. The molecule has 0 fully saturated rings. The van der Waals surface area contributed by atoms with Crippen LogP contribution in [0.15, 0.2) is 16.6 Å². The summed E-state index contributed by atoms with van der Waals surface area (Å²) in [7, 11) is 0. The summed E-state index contributed by atoms with van der Waals surface area (Å²) in [5.74, 6) is 1.36. The molecule has 8 heteroatoms. The number of hydrogen-bond donors (Lipinski definition) is 2. The van der Waals surface area contributed by atoms with Crippen LogP contribution in [0.3, 0.4) is 0 Å². The van der Waals surface area contributed by atoms with Crippen molar-refractivity contribution in [2.45, 2.75) is 19.1 Å². The Kier molecular flexibility index (Phi) is 6.20. The van der Waals surface area contributed by atoms with Gasteiger partial charge in [0.05, 0.1) is 16.2 Å². The number of hydrogen-bond acceptors (Lipinski definition) is 3. The van der Waals surface area contributed by atoms with Gasteiger partial charge in [0.15, 0.2) is 5.75 Å². The first-order valence-corrected chi connectivity index (χ1v) is 6.46. The average molecular weight is 368 g/mol. The van der Waals surface area contributed by atoms with Crippen molar-refractivity contribution in [3.63, 3.8) is 0 Å². The van der Waals surface area contributed by atoms with Gasteiger partial charge in [-0.25, -0.2) is 0 Å². The second-order valence-electron chi connectivity index (χ2n) is 3.65. The summed E-state index contributed by atoms with van der Waals surface area (Å²) in [5.41, 5.74) is 5.49. The highest BCUT2D eigenvalue weighted by Gasteiger charge is 2.19. The number of alkyl halides is 2. The molecular formula is C12H10BrClF2N2O2. The number of nitrogens with one attached hydrogen (secondary N) is 1. The number of rotatable bonds is 5. The van der Waals surface area contributed by atoms with E-state index in [0.717, 1.165) is 0 Å². The van der Waals surface area contributed by atoms with E-state index in [4.69, 9.17) is 23.8 Å². The number of nitrogens with two attached hydrogens (primary N) is 1. The van der Waals surface area contributed by atoms with Gasteiger partial charge in [0.1, 0.15) is 0 Å². The molecule has 1 amide bonds. The maximum absolute atomic E-state index is 12.4. The van der Waals surface area contributed by atoms with E-state index in [1.54, 1.807) is 0 Å². The fourth-order valence-corrected chi connectivity index (χ4v) is 2.21. The zero-order valence-corrected chi connectivity index (χ0v) is 12.3. The van der Waals surface area contributed by atoms with Crippen molar-refractivity contribution >= 4 is 39.1 Å². The predicted molar refractivity (Wildman–Crippen MR) is 75.8 cm³/mol. The van der Waals surface area contributed by atoms with Crippen LogP contribution in [-0.4, -0.2) is 18.6 Å². The Morgan fingerprint density at radius 3 is 2.80 bits per heavy atom. The molecule has 1 aromatic rings. The van der Waals surface area contributed by atoms with Crippen LogP contribution >= 0.6 is 27.5 Å². The molecule has 0 saturated carbocycles. The minimum Gasteiger partial charge on any atom is -0.431 e. The molecule has 0 aliphatic carbocycles. The SMILES string of the molecule is C#CCC(N)C(=O)Nc1cc(Cl)cc(Br)c1OC(F)F. The van der Waals surface area contributed by atoms with Gasteiger partial charge in [0.2, 0.25) is 5.91 Å². The van der Waals surface area contributed by atoms with Gasteiger partial charge in [0.25, 0.3) is 0 Å². The molecule has 0 radical (unpaired) electrons. The number of terminal acetylenes is 1. The number of amides is 1. The molecular weight excluding hydrogens is 357 g/mol. The van der Waals surface area contributed by atoms with E-state index in [2.05, 4.69) is 31.9 Å². The highest BCUT2D eigenvalue weighted by molar-refractivity contribution is 9.10. The second-order valence-corrected chi connectivity index (χ2v) is 4.94. The average Bonchev–Trinajstić information content (AvgIpc) is 2.33. The Hall–Kier alpha value is -1.36. The van der Waals surface area contributed by atoms with E-state index >= 15 is 0 Å². The van der Waals surface area contributed by atoms with Crippen molar-refractivity contribution in [2.75, 3.05) is 5.32 Å². The highest BCUT2D eigenvalue weighted by atomic mass is 79.9. The molecule has 1 atom stereocenters. The fourth-order valence-electron chi connectivity index (χ4n) is 1.31. The minimum atomic E-state index is -3.05. The van der Waals surface area contributed by atoms with E-state index < -0.39 is 18.6 Å². The molecule has 0 aliphatic heterocycles. The molecule has 0 aliphatic rings. The third-order valence-electron chi connectivity index (χ3n) is 2.15. The zero-order chi connectivity index (χ0) is 15.3. The summed E-state index contributed by atoms with van der Waals surface area (Å²) in [6.45, 7) is -3.05. The Balaban J connectivity index is 3.04. The van der Waals surface area contributed by atoms with Crippen LogP contribution in [0.4, 0.5) is 14.5 Å². The number of halogens is 4. The van der Waals surface area contributed by atoms with Crippen LogP contribution in [-0.2, 0) is 4.79 Å². The lowest BCUT2D eigenvalue weighted by molar-refractivity contribution is -0.117. The van der Waals surface area contributed by atoms with E-state index in [9.17, 15) is 13.6 Å². The summed E-state index contributed by atoms with van der Waals surface area (Å²) in [4.78, 5) is 11.7. The van der Waals surface area contributed by atoms with E-state index in [0.29, 0.717) is 0 Å². The third kappa shape index (κ3) is 4.63.